The van der Waals surface area contributed by atoms with Crippen molar-refractivity contribution in [3.8, 4) is 0 Å². The summed E-state index contributed by atoms with van der Waals surface area (Å²) in [7, 11) is 4.04. The van der Waals surface area contributed by atoms with E-state index in [2.05, 4.69) is 64.5 Å². The third kappa shape index (κ3) is 3.74. The molecule has 1 atom stereocenters. The fourth-order valence-electron chi connectivity index (χ4n) is 2.67. The van der Waals surface area contributed by atoms with Crippen LogP contribution in [0.25, 0.3) is 0 Å². The topological polar surface area (TPSA) is 29.9 Å². The molecule has 0 fully saturated rings. The van der Waals surface area contributed by atoms with Gasteiger partial charge in [-0.3, -0.25) is 4.68 Å². The first kappa shape index (κ1) is 16.2. The Bertz CT molecular complexity index is 587. The Hall–Kier alpha value is -1.13. The second kappa shape index (κ2) is 7.23. The minimum atomic E-state index is 0.451. The summed E-state index contributed by atoms with van der Waals surface area (Å²) in [4.78, 5) is 0. The van der Waals surface area contributed by atoms with E-state index in [1.54, 1.807) is 0 Å². The second-order valence-corrected chi connectivity index (χ2v) is 6.35. The highest BCUT2D eigenvalue weighted by molar-refractivity contribution is 9.10. The lowest BCUT2D eigenvalue weighted by molar-refractivity contribution is 0.589. The summed E-state index contributed by atoms with van der Waals surface area (Å²) in [5.74, 6) is 0.451. The first-order chi connectivity index (χ1) is 10.1. The van der Waals surface area contributed by atoms with Gasteiger partial charge < -0.3 is 5.32 Å². The van der Waals surface area contributed by atoms with Crippen molar-refractivity contribution in [3.05, 3.63) is 51.3 Å². The van der Waals surface area contributed by atoms with Crippen LogP contribution < -0.4 is 5.32 Å². The lowest BCUT2D eigenvalue weighted by Crippen LogP contribution is -2.20. The number of likely N-dealkylation sites (N-methyl/N-ethyl adjacent to an activating group) is 1. The Morgan fingerprint density at radius 3 is 2.48 bits per heavy atom. The highest BCUT2D eigenvalue weighted by atomic mass is 79.9. The summed E-state index contributed by atoms with van der Waals surface area (Å²) < 4.78 is 3.18. The van der Waals surface area contributed by atoms with Crippen LogP contribution in [-0.2, 0) is 19.9 Å². The van der Waals surface area contributed by atoms with Gasteiger partial charge in [0.05, 0.1) is 15.9 Å². The summed E-state index contributed by atoms with van der Waals surface area (Å²) >= 11 is 3.72. The molecule has 0 bridgehead atoms. The Labute approximate surface area is 135 Å². The van der Waals surface area contributed by atoms with Crippen LogP contribution >= 0.6 is 15.9 Å². The average Bonchev–Trinajstić information content (AvgIpc) is 2.75. The Kier molecular flexibility index (Phi) is 5.59. The standard InChI is InChI=1S/C17H24BrN3/c1-5-15-17(18)16(21(4)20-15)10-14(11-19-3)13-8-6-12(2)7-9-13/h6-9,14,19H,5,10-11H2,1-4H3. The van der Waals surface area contributed by atoms with E-state index in [1.165, 1.54) is 21.3 Å². The molecular weight excluding hydrogens is 326 g/mol. The zero-order valence-electron chi connectivity index (χ0n) is 13.3. The number of nitrogens with one attached hydrogen (secondary N) is 1. The van der Waals surface area contributed by atoms with Crippen molar-refractivity contribution in [2.75, 3.05) is 13.6 Å². The van der Waals surface area contributed by atoms with Crippen LogP contribution in [0.4, 0.5) is 0 Å². The first-order valence-electron chi connectivity index (χ1n) is 7.48. The van der Waals surface area contributed by atoms with E-state index in [0.717, 1.165) is 25.1 Å². The van der Waals surface area contributed by atoms with Crippen LogP contribution in [0.3, 0.4) is 0 Å². The van der Waals surface area contributed by atoms with Gasteiger partial charge in [0.15, 0.2) is 0 Å². The summed E-state index contributed by atoms with van der Waals surface area (Å²) in [6.45, 7) is 5.23. The Balaban J connectivity index is 2.28. The molecule has 0 spiro atoms. The lowest BCUT2D eigenvalue weighted by atomic mass is 9.93. The van der Waals surface area contributed by atoms with Crippen LogP contribution in [-0.4, -0.2) is 23.4 Å². The molecule has 0 saturated carbocycles. The molecule has 1 aromatic carbocycles. The van der Waals surface area contributed by atoms with Gasteiger partial charge >= 0.3 is 0 Å². The maximum absolute atomic E-state index is 4.60. The van der Waals surface area contributed by atoms with Crippen LogP contribution in [0.15, 0.2) is 28.7 Å². The largest absolute Gasteiger partial charge is 0.319 e. The fraction of sp³-hybridized carbons (Fsp3) is 0.471. The van der Waals surface area contributed by atoms with E-state index in [-0.39, 0.29) is 0 Å². The molecule has 1 aromatic heterocycles. The highest BCUT2D eigenvalue weighted by Gasteiger charge is 2.18. The number of hydrogen-bond donors (Lipinski definition) is 1. The minimum Gasteiger partial charge on any atom is -0.319 e. The van der Waals surface area contributed by atoms with Crippen molar-refractivity contribution in [2.24, 2.45) is 7.05 Å². The van der Waals surface area contributed by atoms with Crippen LogP contribution in [0.5, 0.6) is 0 Å². The Morgan fingerprint density at radius 2 is 1.95 bits per heavy atom. The minimum absolute atomic E-state index is 0.451. The van der Waals surface area contributed by atoms with Crippen molar-refractivity contribution in [1.29, 1.82) is 0 Å². The zero-order chi connectivity index (χ0) is 15.4. The van der Waals surface area contributed by atoms with E-state index < -0.39 is 0 Å². The Morgan fingerprint density at radius 1 is 1.29 bits per heavy atom. The molecule has 1 unspecified atom stereocenters. The molecule has 114 valence electrons. The molecule has 0 radical (unpaired) electrons. The van der Waals surface area contributed by atoms with Crippen molar-refractivity contribution in [1.82, 2.24) is 15.1 Å². The number of nitrogens with zero attached hydrogens (tertiary/aromatic N) is 2. The summed E-state index contributed by atoms with van der Waals surface area (Å²) in [6, 6.07) is 8.85. The third-order valence-electron chi connectivity index (χ3n) is 3.94. The number of benzene rings is 1. The van der Waals surface area contributed by atoms with Crippen molar-refractivity contribution < 1.29 is 0 Å². The van der Waals surface area contributed by atoms with Gasteiger partial charge in [-0.2, -0.15) is 5.10 Å². The zero-order valence-corrected chi connectivity index (χ0v) is 14.9. The molecule has 0 aliphatic heterocycles. The van der Waals surface area contributed by atoms with Gasteiger partial charge in [-0.25, -0.2) is 0 Å². The highest BCUT2D eigenvalue weighted by Crippen LogP contribution is 2.28. The van der Waals surface area contributed by atoms with Gasteiger partial charge in [0, 0.05) is 19.5 Å². The smallest absolute Gasteiger partial charge is 0.0766 e. The SMILES string of the molecule is CCc1nn(C)c(CC(CNC)c2ccc(C)cc2)c1Br. The van der Waals surface area contributed by atoms with Gasteiger partial charge in [0.1, 0.15) is 0 Å². The molecule has 0 amide bonds. The number of halogens is 1. The van der Waals surface area contributed by atoms with Gasteiger partial charge in [-0.1, -0.05) is 36.8 Å². The quantitative estimate of drug-likeness (QED) is 0.863. The van der Waals surface area contributed by atoms with Crippen molar-refractivity contribution >= 4 is 15.9 Å². The molecule has 0 aliphatic carbocycles. The number of rotatable bonds is 6. The van der Waals surface area contributed by atoms with E-state index in [0.29, 0.717) is 5.92 Å². The predicted molar refractivity (Wildman–Crippen MR) is 91.8 cm³/mol. The summed E-state index contributed by atoms with van der Waals surface area (Å²) in [6.07, 6.45) is 1.93. The van der Waals surface area contributed by atoms with Crippen molar-refractivity contribution in [3.63, 3.8) is 0 Å². The third-order valence-corrected chi connectivity index (χ3v) is 4.86. The predicted octanol–water partition coefficient (Wildman–Crippen LogP) is 3.60. The normalized spacial score (nSPS) is 12.6. The van der Waals surface area contributed by atoms with Gasteiger partial charge in [-0.05, 0) is 48.3 Å². The fourth-order valence-corrected chi connectivity index (χ4v) is 3.45. The molecule has 0 saturated heterocycles. The molecule has 0 aliphatic rings. The van der Waals surface area contributed by atoms with Crippen LogP contribution in [0.1, 0.15) is 35.4 Å². The summed E-state index contributed by atoms with van der Waals surface area (Å²) in [5.41, 5.74) is 5.09. The van der Waals surface area contributed by atoms with Gasteiger partial charge in [0.2, 0.25) is 0 Å². The van der Waals surface area contributed by atoms with Gasteiger partial charge in [-0.15, -0.1) is 0 Å². The molecule has 1 N–H and O–H groups in total. The molecule has 2 rings (SSSR count). The maximum Gasteiger partial charge on any atom is 0.0766 e. The van der Waals surface area contributed by atoms with E-state index in [9.17, 15) is 0 Å². The second-order valence-electron chi connectivity index (χ2n) is 5.55. The molecule has 1 heterocycles. The number of aromatic nitrogens is 2. The van der Waals surface area contributed by atoms with Crippen LogP contribution in [0.2, 0.25) is 0 Å². The molecule has 2 aromatic rings. The number of aryl methyl sites for hydroxylation is 3. The number of hydrogen-bond acceptors (Lipinski definition) is 2. The van der Waals surface area contributed by atoms with E-state index in [4.69, 9.17) is 0 Å². The van der Waals surface area contributed by atoms with E-state index >= 15 is 0 Å². The van der Waals surface area contributed by atoms with Crippen molar-refractivity contribution in [2.45, 2.75) is 32.6 Å². The molecule has 3 nitrogen and oxygen atoms in total. The first-order valence-corrected chi connectivity index (χ1v) is 8.27. The molecule has 21 heavy (non-hydrogen) atoms. The average molecular weight is 350 g/mol. The summed E-state index contributed by atoms with van der Waals surface area (Å²) in [5, 5.41) is 7.91. The lowest BCUT2D eigenvalue weighted by Gasteiger charge is -2.18. The van der Waals surface area contributed by atoms with Crippen LogP contribution in [0, 0.1) is 6.92 Å². The maximum atomic E-state index is 4.60. The molecular formula is C17H24BrN3. The molecule has 4 heteroatoms. The van der Waals surface area contributed by atoms with Gasteiger partial charge in [0.25, 0.3) is 0 Å². The van der Waals surface area contributed by atoms with E-state index in [1.807, 2.05) is 18.8 Å². The monoisotopic (exact) mass is 349 g/mol.